The fraction of sp³-hybridized carbons (Fsp3) is 0.308. The van der Waals surface area contributed by atoms with E-state index in [0.717, 1.165) is 5.41 Å². The predicted molar refractivity (Wildman–Crippen MR) is 78.3 cm³/mol. The molecular weight excluding hydrogens is 364 g/mol. The number of benzene rings is 1. The molecule has 10 heteroatoms. The molecule has 0 aliphatic heterocycles. The first-order valence-electron chi connectivity index (χ1n) is 6.09. The van der Waals surface area contributed by atoms with Crippen molar-refractivity contribution >= 4 is 28.5 Å². The number of thiocarbonyl (C=S) groups is 1. The molecule has 0 aliphatic rings. The lowest BCUT2D eigenvalue weighted by Gasteiger charge is -2.13. The molecule has 23 heavy (non-hydrogen) atoms. The number of halogens is 6. The van der Waals surface area contributed by atoms with Gasteiger partial charge in [-0.15, -0.1) is 0 Å². The fourth-order valence-corrected chi connectivity index (χ4v) is 2.57. The highest BCUT2D eigenvalue weighted by molar-refractivity contribution is 7.88. The van der Waals surface area contributed by atoms with E-state index in [2.05, 4.69) is 17.5 Å². The van der Waals surface area contributed by atoms with Gasteiger partial charge < -0.3 is 5.32 Å². The van der Waals surface area contributed by atoms with Crippen LogP contribution in [0.25, 0.3) is 0 Å². The van der Waals surface area contributed by atoms with Crippen molar-refractivity contribution in [2.24, 2.45) is 0 Å². The van der Waals surface area contributed by atoms with Crippen LogP contribution in [0.3, 0.4) is 0 Å². The van der Waals surface area contributed by atoms with E-state index in [-0.39, 0.29) is 6.07 Å². The zero-order valence-electron chi connectivity index (χ0n) is 11.4. The summed E-state index contributed by atoms with van der Waals surface area (Å²) in [6, 6.07) is 0.893. The summed E-state index contributed by atoms with van der Waals surface area (Å²) in [7, 11) is -2.12. The van der Waals surface area contributed by atoms with Gasteiger partial charge in [-0.05, 0) is 24.6 Å². The highest BCUT2D eigenvalue weighted by atomic mass is 32.2. The van der Waals surface area contributed by atoms with E-state index >= 15 is 0 Å². The van der Waals surface area contributed by atoms with Crippen LogP contribution in [0.5, 0.6) is 0 Å². The lowest BCUT2D eigenvalue weighted by atomic mass is 10.1. The fourth-order valence-electron chi connectivity index (χ4n) is 1.50. The number of hydrogen-bond donors (Lipinski definition) is 1. The predicted octanol–water partition coefficient (Wildman–Crippen LogP) is 4.28. The van der Waals surface area contributed by atoms with E-state index in [1.165, 1.54) is 11.6 Å². The molecule has 0 amide bonds. The van der Waals surface area contributed by atoms with Gasteiger partial charge in [0, 0.05) is 16.8 Å². The van der Waals surface area contributed by atoms with Crippen LogP contribution in [0.1, 0.15) is 17.5 Å². The van der Waals surface area contributed by atoms with Crippen molar-refractivity contribution in [3.05, 3.63) is 40.8 Å². The quantitative estimate of drug-likeness (QED) is 0.457. The normalized spacial score (nSPS) is 14.0. The molecule has 2 nitrogen and oxygen atoms in total. The number of rotatable bonds is 6. The standard InChI is InChI=1S/C13H11F6NOS2/c14-12(15,16)9-5-10(13(17,18)19)7-11(6-9)23(21)4-2-1-3-20-8-22/h2,4-8H,1,3H2,(H,20,22)/b4-2+/t23-/m1/s1. The number of alkyl halides is 6. The Kier molecular flexibility index (Phi) is 6.75. The third kappa shape index (κ3) is 6.30. The Morgan fingerprint density at radius 2 is 1.57 bits per heavy atom. The summed E-state index contributed by atoms with van der Waals surface area (Å²) >= 11 is 4.49. The highest BCUT2D eigenvalue weighted by Crippen LogP contribution is 2.37. The van der Waals surface area contributed by atoms with E-state index < -0.39 is 39.2 Å². The molecule has 1 aromatic rings. The molecule has 0 bridgehead atoms. The van der Waals surface area contributed by atoms with Crippen LogP contribution >= 0.6 is 12.2 Å². The average molecular weight is 375 g/mol. The first-order chi connectivity index (χ1) is 10.6. The van der Waals surface area contributed by atoms with Gasteiger partial charge in [0.15, 0.2) is 0 Å². The largest absolute Gasteiger partial charge is 0.416 e. The lowest BCUT2D eigenvalue weighted by molar-refractivity contribution is -0.143. The van der Waals surface area contributed by atoms with Crippen LogP contribution in [0.4, 0.5) is 26.3 Å². The van der Waals surface area contributed by atoms with Gasteiger partial charge in [0.2, 0.25) is 0 Å². The molecule has 1 rings (SSSR count). The monoisotopic (exact) mass is 375 g/mol. The van der Waals surface area contributed by atoms with E-state index in [1.54, 1.807) is 0 Å². The van der Waals surface area contributed by atoms with Gasteiger partial charge in [-0.3, -0.25) is 0 Å². The van der Waals surface area contributed by atoms with Crippen LogP contribution in [-0.4, -0.2) is 16.2 Å². The average Bonchev–Trinajstić information content (AvgIpc) is 2.44. The lowest BCUT2D eigenvalue weighted by Crippen LogP contribution is -2.12. The number of nitrogens with one attached hydrogen (secondary N) is 1. The van der Waals surface area contributed by atoms with Crippen molar-refractivity contribution in [1.29, 1.82) is 0 Å². The summed E-state index contributed by atoms with van der Waals surface area (Å²) in [5, 5.41) is 3.70. The van der Waals surface area contributed by atoms with E-state index in [9.17, 15) is 30.6 Å². The van der Waals surface area contributed by atoms with Crippen LogP contribution in [0.15, 0.2) is 34.6 Å². The van der Waals surface area contributed by atoms with Gasteiger partial charge in [-0.25, -0.2) is 4.21 Å². The Morgan fingerprint density at radius 1 is 1.04 bits per heavy atom. The second-order valence-electron chi connectivity index (χ2n) is 4.27. The molecule has 0 heterocycles. The van der Waals surface area contributed by atoms with Crippen molar-refractivity contribution in [1.82, 2.24) is 5.32 Å². The molecule has 1 atom stereocenters. The molecule has 0 unspecified atom stereocenters. The summed E-state index contributed by atoms with van der Waals surface area (Å²) in [6.07, 6.45) is -8.18. The summed E-state index contributed by atoms with van der Waals surface area (Å²) < 4.78 is 88.0. The van der Waals surface area contributed by atoms with E-state index in [0.29, 0.717) is 25.1 Å². The third-order valence-electron chi connectivity index (χ3n) is 2.55. The van der Waals surface area contributed by atoms with Gasteiger partial charge >= 0.3 is 12.4 Å². The van der Waals surface area contributed by atoms with E-state index in [4.69, 9.17) is 0 Å². The minimum Gasteiger partial charge on any atom is -0.382 e. The zero-order chi connectivity index (χ0) is 17.7. The minimum absolute atomic E-state index is 0.00620. The third-order valence-corrected chi connectivity index (χ3v) is 3.86. The van der Waals surface area contributed by atoms with Crippen LogP contribution in [0.2, 0.25) is 0 Å². The van der Waals surface area contributed by atoms with Gasteiger partial charge in [-0.1, -0.05) is 18.3 Å². The highest BCUT2D eigenvalue weighted by Gasteiger charge is 2.37. The second kappa shape index (κ2) is 7.91. The molecule has 1 N–H and O–H groups in total. The molecule has 1 aromatic carbocycles. The summed E-state index contributed by atoms with van der Waals surface area (Å²) in [5.74, 6) is 0. The maximum atomic E-state index is 12.7. The first kappa shape index (κ1) is 19.6. The summed E-state index contributed by atoms with van der Waals surface area (Å²) in [6.45, 7) is 0.410. The maximum absolute atomic E-state index is 12.7. The summed E-state index contributed by atoms with van der Waals surface area (Å²) in [5.41, 5.74) is -1.73. The molecule has 0 fully saturated rings. The van der Waals surface area contributed by atoms with Gasteiger partial charge in [0.1, 0.15) is 0 Å². The van der Waals surface area contributed by atoms with Crippen molar-refractivity contribution in [3.8, 4) is 0 Å². The Balaban J connectivity index is 3.10. The Morgan fingerprint density at radius 3 is 2.00 bits per heavy atom. The van der Waals surface area contributed by atoms with Crippen molar-refractivity contribution in [2.75, 3.05) is 6.54 Å². The van der Waals surface area contributed by atoms with E-state index in [1.807, 2.05) is 0 Å². The molecule has 0 saturated carbocycles. The van der Waals surface area contributed by atoms with Gasteiger partial charge in [-0.2, -0.15) is 26.3 Å². The SMILES string of the molecule is O=[S@](/C=C/CCNC=S)c1cc(C(F)(F)F)cc(C(F)(F)F)c1. The molecule has 0 aromatic heterocycles. The van der Waals surface area contributed by atoms with Crippen LogP contribution < -0.4 is 5.32 Å². The topological polar surface area (TPSA) is 29.1 Å². The van der Waals surface area contributed by atoms with Crippen LogP contribution in [0, 0.1) is 0 Å². The molecule has 128 valence electrons. The minimum atomic E-state index is -4.97. The van der Waals surface area contributed by atoms with Crippen molar-refractivity contribution < 1.29 is 30.6 Å². The van der Waals surface area contributed by atoms with Crippen LogP contribution in [-0.2, 0) is 23.2 Å². The molecule has 0 spiro atoms. The number of hydrogen-bond acceptors (Lipinski definition) is 2. The molecular formula is C13H11F6NOS2. The smallest absolute Gasteiger partial charge is 0.382 e. The second-order valence-corrected chi connectivity index (χ2v) is 5.85. The molecule has 0 aliphatic carbocycles. The Labute approximate surface area is 136 Å². The van der Waals surface area contributed by atoms with Gasteiger partial charge in [0.25, 0.3) is 0 Å². The summed E-state index contributed by atoms with van der Waals surface area (Å²) in [4.78, 5) is -0.564. The Hall–Kier alpha value is -1.42. The first-order valence-corrected chi connectivity index (χ1v) is 7.78. The van der Waals surface area contributed by atoms with Crippen molar-refractivity contribution in [2.45, 2.75) is 23.7 Å². The maximum Gasteiger partial charge on any atom is 0.416 e. The molecule has 0 radical (unpaired) electrons. The van der Waals surface area contributed by atoms with Gasteiger partial charge in [0.05, 0.1) is 27.4 Å². The Bertz CT molecular complexity index is 577. The molecule has 0 saturated heterocycles. The van der Waals surface area contributed by atoms with Crippen molar-refractivity contribution in [3.63, 3.8) is 0 Å². The zero-order valence-corrected chi connectivity index (χ0v) is 13.0.